The molecule has 2 aliphatic rings. The maximum atomic E-state index is 12.8. The van der Waals surface area contributed by atoms with Gasteiger partial charge in [0.2, 0.25) is 0 Å². The average molecular weight is 396 g/mol. The summed E-state index contributed by atoms with van der Waals surface area (Å²) in [6.45, 7) is 0. The van der Waals surface area contributed by atoms with Crippen LogP contribution in [-0.4, -0.2) is 16.6 Å². The Morgan fingerprint density at radius 3 is 2.79 bits per heavy atom. The molecule has 1 aliphatic carbocycles. The predicted molar refractivity (Wildman–Crippen MR) is 112 cm³/mol. The minimum absolute atomic E-state index is 0. The lowest BCUT2D eigenvalue weighted by atomic mass is 9.73. The topological polar surface area (TPSA) is 63.2 Å². The van der Waals surface area contributed by atoms with Gasteiger partial charge in [0.05, 0.1) is 11.7 Å². The summed E-state index contributed by atoms with van der Waals surface area (Å²) in [7, 11) is 0. The molecule has 1 unspecified atom stereocenters. The van der Waals surface area contributed by atoms with E-state index < -0.39 is 0 Å². The molecule has 1 saturated carbocycles. The molecule has 2 N–H and O–H groups in total. The molecule has 28 heavy (non-hydrogen) atoms. The summed E-state index contributed by atoms with van der Waals surface area (Å²) < 4.78 is 6.26. The second-order valence-corrected chi connectivity index (χ2v) is 7.43. The number of nitrogens with zero attached hydrogens (tertiary/aromatic N) is 1. The highest BCUT2D eigenvalue weighted by Crippen LogP contribution is 2.48. The van der Waals surface area contributed by atoms with Gasteiger partial charge in [-0.25, -0.2) is 4.79 Å². The van der Waals surface area contributed by atoms with E-state index in [1.807, 2.05) is 48.5 Å². The second-order valence-electron chi connectivity index (χ2n) is 7.43. The standard InChI is InChI=1S/C22H21N3O2.ClH/c26-21(24-18-7-3-5-15-14-23-12-9-16(15)18)25-19-13-22(10-4-11-22)27-20-8-2-1-6-17(19)20;/h1-3,5-9,12,14,19H,4,10-11,13H2,(H2,24,25,26);1H. The van der Waals surface area contributed by atoms with E-state index in [2.05, 4.69) is 15.6 Å². The third kappa shape index (κ3) is 3.27. The number of carbonyl (C=O) groups excluding carboxylic acids is 1. The third-order valence-electron chi connectivity index (χ3n) is 5.70. The summed E-state index contributed by atoms with van der Waals surface area (Å²) >= 11 is 0. The van der Waals surface area contributed by atoms with Crippen LogP contribution in [0.5, 0.6) is 5.75 Å². The smallest absolute Gasteiger partial charge is 0.319 e. The van der Waals surface area contributed by atoms with E-state index in [-0.39, 0.29) is 30.1 Å². The van der Waals surface area contributed by atoms with Crippen molar-refractivity contribution in [3.05, 3.63) is 66.5 Å². The number of nitrogens with one attached hydrogen (secondary N) is 2. The predicted octanol–water partition coefficient (Wildman–Crippen LogP) is 5.22. The van der Waals surface area contributed by atoms with Crippen molar-refractivity contribution in [1.82, 2.24) is 10.3 Å². The van der Waals surface area contributed by atoms with Crippen LogP contribution in [0, 0.1) is 0 Å². The summed E-state index contributed by atoms with van der Waals surface area (Å²) in [6.07, 6.45) is 7.64. The summed E-state index contributed by atoms with van der Waals surface area (Å²) in [5.74, 6) is 0.894. The number of amides is 2. The van der Waals surface area contributed by atoms with Gasteiger partial charge in [-0.15, -0.1) is 12.4 Å². The number of fused-ring (bicyclic) bond motifs is 2. The van der Waals surface area contributed by atoms with Gasteiger partial charge in [0.15, 0.2) is 0 Å². The highest BCUT2D eigenvalue weighted by Gasteiger charge is 2.45. The quantitative estimate of drug-likeness (QED) is 0.624. The lowest BCUT2D eigenvalue weighted by Crippen LogP contribution is -2.50. The first-order valence-electron chi connectivity index (χ1n) is 9.41. The Balaban J connectivity index is 0.00000192. The number of hydrogen-bond acceptors (Lipinski definition) is 3. The molecule has 5 rings (SSSR count). The van der Waals surface area contributed by atoms with E-state index in [0.29, 0.717) is 0 Å². The molecule has 2 heterocycles. The summed E-state index contributed by atoms with van der Waals surface area (Å²) in [5.41, 5.74) is 1.72. The molecule has 1 aromatic heterocycles. The SMILES string of the molecule is Cl.O=C(Nc1cccc2cnccc12)NC1CC2(CCC2)Oc2ccccc21. The molecule has 2 amide bonds. The highest BCUT2D eigenvalue weighted by atomic mass is 35.5. The van der Waals surface area contributed by atoms with Crippen LogP contribution in [0.25, 0.3) is 10.8 Å². The van der Waals surface area contributed by atoms with E-state index in [1.165, 1.54) is 6.42 Å². The van der Waals surface area contributed by atoms with Crippen molar-refractivity contribution >= 4 is 34.9 Å². The Kier molecular flexibility index (Phi) is 4.85. The van der Waals surface area contributed by atoms with Gasteiger partial charge in [-0.05, 0) is 37.5 Å². The zero-order valence-corrected chi connectivity index (χ0v) is 16.2. The fourth-order valence-corrected chi connectivity index (χ4v) is 4.17. The first-order valence-corrected chi connectivity index (χ1v) is 9.41. The minimum atomic E-state index is -0.199. The number of hydrogen-bond donors (Lipinski definition) is 2. The van der Waals surface area contributed by atoms with Gasteiger partial charge < -0.3 is 15.4 Å². The van der Waals surface area contributed by atoms with Gasteiger partial charge >= 0.3 is 6.03 Å². The largest absolute Gasteiger partial charge is 0.487 e. The molecule has 144 valence electrons. The van der Waals surface area contributed by atoms with Crippen molar-refractivity contribution < 1.29 is 9.53 Å². The van der Waals surface area contributed by atoms with Crippen molar-refractivity contribution in [2.75, 3.05) is 5.32 Å². The molecule has 0 radical (unpaired) electrons. The van der Waals surface area contributed by atoms with Gasteiger partial charge in [-0.3, -0.25) is 4.98 Å². The van der Waals surface area contributed by atoms with Crippen molar-refractivity contribution in [2.24, 2.45) is 0 Å². The van der Waals surface area contributed by atoms with Crippen molar-refractivity contribution in [3.8, 4) is 5.75 Å². The molecular weight excluding hydrogens is 374 g/mol. The molecule has 1 aliphatic heterocycles. The normalized spacial score (nSPS) is 18.9. The Morgan fingerprint density at radius 2 is 1.96 bits per heavy atom. The fraction of sp³-hybridized carbons (Fsp3) is 0.273. The van der Waals surface area contributed by atoms with Gasteiger partial charge in [0.1, 0.15) is 11.4 Å². The van der Waals surface area contributed by atoms with Crippen LogP contribution in [-0.2, 0) is 0 Å². The number of rotatable bonds is 2. The number of anilines is 1. The van der Waals surface area contributed by atoms with Gasteiger partial charge in [-0.2, -0.15) is 0 Å². The average Bonchev–Trinajstić information content (AvgIpc) is 2.67. The highest BCUT2D eigenvalue weighted by molar-refractivity contribution is 6.01. The van der Waals surface area contributed by atoms with Crippen LogP contribution in [0.3, 0.4) is 0 Å². The van der Waals surface area contributed by atoms with Crippen LogP contribution in [0.15, 0.2) is 60.9 Å². The maximum Gasteiger partial charge on any atom is 0.319 e. The lowest BCUT2D eigenvalue weighted by Gasteiger charge is -2.48. The number of benzene rings is 2. The number of carbonyl (C=O) groups is 1. The first-order chi connectivity index (χ1) is 13.2. The minimum Gasteiger partial charge on any atom is -0.487 e. The Labute approximate surface area is 169 Å². The van der Waals surface area contributed by atoms with Crippen LogP contribution in [0.2, 0.25) is 0 Å². The number of aromatic nitrogens is 1. The Bertz CT molecular complexity index is 1010. The molecule has 0 bridgehead atoms. The zero-order chi connectivity index (χ0) is 18.3. The van der Waals surface area contributed by atoms with Crippen molar-refractivity contribution in [3.63, 3.8) is 0 Å². The first kappa shape index (κ1) is 18.6. The Morgan fingerprint density at radius 1 is 1.11 bits per heavy atom. The molecule has 2 aromatic carbocycles. The molecular formula is C22H22ClN3O2. The fourth-order valence-electron chi connectivity index (χ4n) is 4.17. The molecule has 6 heteroatoms. The van der Waals surface area contributed by atoms with Crippen LogP contribution >= 0.6 is 12.4 Å². The monoisotopic (exact) mass is 395 g/mol. The lowest BCUT2D eigenvalue weighted by molar-refractivity contribution is -0.0354. The molecule has 1 atom stereocenters. The molecule has 1 fully saturated rings. The van der Waals surface area contributed by atoms with Crippen LogP contribution in [0.1, 0.15) is 37.3 Å². The number of halogens is 1. The van der Waals surface area contributed by atoms with Crippen LogP contribution < -0.4 is 15.4 Å². The molecule has 0 saturated heterocycles. The second kappa shape index (κ2) is 7.32. The van der Waals surface area contributed by atoms with Crippen molar-refractivity contribution in [1.29, 1.82) is 0 Å². The van der Waals surface area contributed by atoms with Crippen LogP contribution in [0.4, 0.5) is 10.5 Å². The van der Waals surface area contributed by atoms with E-state index >= 15 is 0 Å². The van der Waals surface area contributed by atoms with E-state index in [4.69, 9.17) is 4.74 Å². The van der Waals surface area contributed by atoms with Crippen molar-refractivity contribution in [2.45, 2.75) is 37.3 Å². The van der Waals surface area contributed by atoms with E-state index in [1.54, 1.807) is 12.4 Å². The summed E-state index contributed by atoms with van der Waals surface area (Å²) in [6, 6.07) is 15.5. The number of pyridine rings is 1. The maximum absolute atomic E-state index is 12.8. The third-order valence-corrected chi connectivity index (χ3v) is 5.70. The molecule has 5 nitrogen and oxygen atoms in total. The molecule has 3 aromatic rings. The summed E-state index contributed by atoms with van der Waals surface area (Å²) in [5, 5.41) is 8.15. The van der Waals surface area contributed by atoms with E-state index in [9.17, 15) is 4.79 Å². The van der Waals surface area contributed by atoms with Gasteiger partial charge in [-0.1, -0.05) is 30.3 Å². The number of urea groups is 1. The Hall–Kier alpha value is -2.79. The molecule has 1 spiro atoms. The van der Waals surface area contributed by atoms with Gasteiger partial charge in [0.25, 0.3) is 0 Å². The number of para-hydroxylation sites is 1. The van der Waals surface area contributed by atoms with Gasteiger partial charge in [0, 0.05) is 35.2 Å². The summed E-state index contributed by atoms with van der Waals surface area (Å²) in [4.78, 5) is 16.9. The zero-order valence-electron chi connectivity index (χ0n) is 15.4. The van der Waals surface area contributed by atoms with E-state index in [0.717, 1.165) is 47.0 Å². The number of ether oxygens (including phenoxy) is 1.